The average molecular weight is 337 g/mol. The first-order chi connectivity index (χ1) is 12.1. The summed E-state index contributed by atoms with van der Waals surface area (Å²) in [5.41, 5.74) is 3.43. The van der Waals surface area contributed by atoms with Crippen LogP contribution in [0.25, 0.3) is 5.69 Å². The Morgan fingerprint density at radius 2 is 2.04 bits per heavy atom. The van der Waals surface area contributed by atoms with E-state index in [2.05, 4.69) is 15.5 Å². The van der Waals surface area contributed by atoms with Crippen LogP contribution in [0.5, 0.6) is 5.75 Å². The molecule has 0 aliphatic carbocycles. The van der Waals surface area contributed by atoms with Crippen LogP contribution in [0.1, 0.15) is 21.5 Å². The highest BCUT2D eigenvalue weighted by Crippen LogP contribution is 2.24. The molecule has 0 aliphatic rings. The molecule has 0 unspecified atom stereocenters. The fourth-order valence-electron chi connectivity index (χ4n) is 2.61. The van der Waals surface area contributed by atoms with Crippen LogP contribution in [0.3, 0.4) is 0 Å². The van der Waals surface area contributed by atoms with E-state index in [9.17, 15) is 4.79 Å². The molecule has 7 nitrogen and oxygen atoms in total. The van der Waals surface area contributed by atoms with E-state index in [1.165, 1.54) is 11.0 Å². The van der Waals surface area contributed by atoms with Crippen molar-refractivity contribution in [1.82, 2.24) is 25.1 Å². The summed E-state index contributed by atoms with van der Waals surface area (Å²) in [7, 11) is 3.35. The Bertz CT molecular complexity index is 877. The van der Waals surface area contributed by atoms with Gasteiger partial charge < -0.3 is 9.64 Å². The third-order valence-corrected chi connectivity index (χ3v) is 4.04. The highest BCUT2D eigenvalue weighted by atomic mass is 16.5. The van der Waals surface area contributed by atoms with E-state index < -0.39 is 0 Å². The van der Waals surface area contributed by atoms with Gasteiger partial charge in [0.25, 0.3) is 5.91 Å². The van der Waals surface area contributed by atoms with Gasteiger partial charge in [-0.05, 0) is 46.7 Å². The van der Waals surface area contributed by atoms with Gasteiger partial charge in [-0.2, -0.15) is 4.68 Å². The molecule has 2 aromatic carbocycles. The number of aryl methyl sites for hydroxylation is 1. The molecule has 0 aliphatic heterocycles. The molecule has 7 heteroatoms. The van der Waals surface area contributed by atoms with Crippen LogP contribution in [-0.2, 0) is 6.54 Å². The van der Waals surface area contributed by atoms with Crippen molar-refractivity contribution in [2.45, 2.75) is 13.5 Å². The zero-order chi connectivity index (χ0) is 17.8. The molecule has 1 heterocycles. The van der Waals surface area contributed by atoms with Crippen LogP contribution in [0.2, 0.25) is 0 Å². The lowest BCUT2D eigenvalue weighted by atomic mass is 10.1. The number of nitrogens with zero attached hydrogens (tertiary/aromatic N) is 5. The zero-order valence-electron chi connectivity index (χ0n) is 14.4. The number of tetrazole rings is 1. The van der Waals surface area contributed by atoms with Crippen molar-refractivity contribution < 1.29 is 9.53 Å². The van der Waals surface area contributed by atoms with Gasteiger partial charge in [-0.1, -0.05) is 24.3 Å². The number of hydrogen-bond acceptors (Lipinski definition) is 5. The first kappa shape index (κ1) is 16.6. The van der Waals surface area contributed by atoms with Gasteiger partial charge >= 0.3 is 0 Å². The Kier molecular flexibility index (Phi) is 4.74. The maximum Gasteiger partial charge on any atom is 0.253 e. The lowest BCUT2D eigenvalue weighted by Crippen LogP contribution is -2.26. The Morgan fingerprint density at radius 3 is 2.72 bits per heavy atom. The quantitative estimate of drug-likeness (QED) is 0.714. The van der Waals surface area contributed by atoms with Gasteiger partial charge in [0, 0.05) is 19.2 Å². The van der Waals surface area contributed by atoms with Crippen molar-refractivity contribution >= 4 is 5.91 Å². The SMILES string of the molecule is COc1ccc(C(=O)N(C)Cc2ccccc2C)cc1-n1cnnn1. The summed E-state index contributed by atoms with van der Waals surface area (Å²) in [6.07, 6.45) is 1.46. The standard InChI is InChI=1S/C18H19N5O2/c1-13-6-4-5-7-15(13)11-22(2)18(24)14-8-9-17(25-3)16(10-14)23-12-19-20-21-23/h4-10,12H,11H2,1-3H3. The van der Waals surface area contributed by atoms with Crippen molar-refractivity contribution in [3.05, 3.63) is 65.5 Å². The van der Waals surface area contributed by atoms with Crippen molar-refractivity contribution in [2.24, 2.45) is 0 Å². The minimum absolute atomic E-state index is 0.0831. The molecule has 1 amide bonds. The largest absolute Gasteiger partial charge is 0.494 e. The summed E-state index contributed by atoms with van der Waals surface area (Å²) in [4.78, 5) is 14.5. The molecule has 1 aromatic heterocycles. The van der Waals surface area contributed by atoms with Gasteiger partial charge in [0.15, 0.2) is 0 Å². The number of rotatable bonds is 5. The van der Waals surface area contributed by atoms with Crippen molar-refractivity contribution in [2.75, 3.05) is 14.2 Å². The van der Waals surface area contributed by atoms with Gasteiger partial charge in [0.1, 0.15) is 17.8 Å². The highest BCUT2D eigenvalue weighted by Gasteiger charge is 2.16. The third kappa shape index (κ3) is 3.50. The average Bonchev–Trinajstić information content (AvgIpc) is 3.17. The Labute approximate surface area is 145 Å². The molecule has 0 atom stereocenters. The smallest absolute Gasteiger partial charge is 0.253 e. The second-order valence-corrected chi connectivity index (χ2v) is 5.73. The van der Waals surface area contributed by atoms with Crippen molar-refractivity contribution in [3.8, 4) is 11.4 Å². The number of ether oxygens (including phenoxy) is 1. The molecule has 25 heavy (non-hydrogen) atoms. The number of hydrogen-bond donors (Lipinski definition) is 0. The van der Waals surface area contributed by atoms with Crippen molar-refractivity contribution in [1.29, 1.82) is 0 Å². The maximum absolute atomic E-state index is 12.8. The van der Waals surface area contributed by atoms with Crippen LogP contribution in [0, 0.1) is 6.92 Å². The van der Waals surface area contributed by atoms with Crippen LogP contribution < -0.4 is 4.74 Å². The number of methoxy groups -OCH3 is 1. The fraction of sp³-hybridized carbons (Fsp3) is 0.222. The lowest BCUT2D eigenvalue weighted by Gasteiger charge is -2.19. The second kappa shape index (κ2) is 7.12. The number of carbonyl (C=O) groups is 1. The lowest BCUT2D eigenvalue weighted by molar-refractivity contribution is 0.0785. The molecular formula is C18H19N5O2. The molecule has 0 bridgehead atoms. The van der Waals surface area contributed by atoms with E-state index in [1.54, 1.807) is 37.3 Å². The molecule has 0 spiro atoms. The van der Waals surface area contributed by atoms with E-state index in [4.69, 9.17) is 4.74 Å². The van der Waals surface area contributed by atoms with E-state index in [0.717, 1.165) is 11.1 Å². The van der Waals surface area contributed by atoms with Gasteiger partial charge in [-0.15, -0.1) is 5.10 Å². The zero-order valence-corrected chi connectivity index (χ0v) is 14.4. The Hall–Kier alpha value is -3.22. The molecule has 0 radical (unpaired) electrons. The normalized spacial score (nSPS) is 10.5. The summed E-state index contributed by atoms with van der Waals surface area (Å²) in [5, 5.41) is 11.1. The van der Waals surface area contributed by atoms with E-state index in [-0.39, 0.29) is 5.91 Å². The molecule has 128 valence electrons. The van der Waals surface area contributed by atoms with Crippen LogP contribution >= 0.6 is 0 Å². The van der Waals surface area contributed by atoms with E-state index in [1.807, 2.05) is 31.2 Å². The maximum atomic E-state index is 12.8. The molecule has 3 aromatic rings. The highest BCUT2D eigenvalue weighted by molar-refractivity contribution is 5.95. The van der Waals surface area contributed by atoms with Gasteiger partial charge in [-0.25, -0.2) is 0 Å². The molecule has 0 fully saturated rings. The predicted molar refractivity (Wildman–Crippen MR) is 92.7 cm³/mol. The topological polar surface area (TPSA) is 73.1 Å². The second-order valence-electron chi connectivity index (χ2n) is 5.73. The molecule has 0 N–H and O–H groups in total. The van der Waals surface area contributed by atoms with Gasteiger partial charge in [0.05, 0.1) is 7.11 Å². The Morgan fingerprint density at radius 1 is 1.24 bits per heavy atom. The summed E-state index contributed by atoms with van der Waals surface area (Å²) in [6.45, 7) is 2.58. The summed E-state index contributed by atoms with van der Waals surface area (Å²) in [5.74, 6) is 0.505. The van der Waals surface area contributed by atoms with Gasteiger partial charge in [0.2, 0.25) is 0 Å². The predicted octanol–water partition coefficient (Wildman–Crippen LogP) is 2.25. The van der Waals surface area contributed by atoms with Crippen LogP contribution in [0.4, 0.5) is 0 Å². The Balaban J connectivity index is 1.87. The van der Waals surface area contributed by atoms with Crippen LogP contribution in [0.15, 0.2) is 48.8 Å². The van der Waals surface area contributed by atoms with Crippen LogP contribution in [-0.4, -0.2) is 45.2 Å². The third-order valence-electron chi connectivity index (χ3n) is 4.04. The number of aromatic nitrogens is 4. The number of carbonyl (C=O) groups excluding carboxylic acids is 1. The summed E-state index contributed by atoms with van der Waals surface area (Å²) in [6, 6.07) is 13.2. The first-order valence-corrected chi connectivity index (χ1v) is 7.81. The molecular weight excluding hydrogens is 318 g/mol. The van der Waals surface area contributed by atoms with E-state index in [0.29, 0.717) is 23.5 Å². The van der Waals surface area contributed by atoms with Gasteiger partial charge in [-0.3, -0.25) is 4.79 Å². The minimum Gasteiger partial charge on any atom is -0.494 e. The fourth-order valence-corrected chi connectivity index (χ4v) is 2.61. The molecule has 0 saturated heterocycles. The summed E-state index contributed by atoms with van der Waals surface area (Å²) >= 11 is 0. The number of benzene rings is 2. The summed E-state index contributed by atoms with van der Waals surface area (Å²) < 4.78 is 6.80. The number of amides is 1. The monoisotopic (exact) mass is 337 g/mol. The van der Waals surface area contributed by atoms with E-state index >= 15 is 0 Å². The minimum atomic E-state index is -0.0831. The molecule has 0 saturated carbocycles. The van der Waals surface area contributed by atoms with Crippen molar-refractivity contribution in [3.63, 3.8) is 0 Å². The first-order valence-electron chi connectivity index (χ1n) is 7.81. The molecule has 3 rings (SSSR count).